The first-order valence-corrected chi connectivity index (χ1v) is 9.93. The molecule has 25 heavy (non-hydrogen) atoms. The van der Waals surface area contributed by atoms with Crippen molar-refractivity contribution >= 4 is 0 Å². The molecule has 2 fully saturated rings. The van der Waals surface area contributed by atoms with Gasteiger partial charge in [-0.25, -0.2) is 4.98 Å². The van der Waals surface area contributed by atoms with Crippen molar-refractivity contribution in [2.24, 2.45) is 5.92 Å². The highest BCUT2D eigenvalue weighted by molar-refractivity contribution is 5.10. The molecule has 5 nitrogen and oxygen atoms in total. The highest BCUT2D eigenvalue weighted by Gasteiger charge is 2.22. The molecule has 3 rings (SSSR count). The number of nitrogens with zero attached hydrogens (tertiary/aromatic N) is 4. The molecule has 1 aromatic heterocycles. The highest BCUT2D eigenvalue weighted by Crippen LogP contribution is 2.20. The van der Waals surface area contributed by atoms with Crippen LogP contribution in [-0.2, 0) is 12.0 Å². The molecule has 2 saturated heterocycles. The van der Waals surface area contributed by atoms with Crippen LogP contribution in [0.2, 0.25) is 0 Å². The van der Waals surface area contributed by atoms with Gasteiger partial charge in [-0.05, 0) is 57.8 Å². The topological polar surface area (TPSA) is 41.4 Å². The fourth-order valence-corrected chi connectivity index (χ4v) is 3.93. The molecule has 0 saturated carbocycles. The van der Waals surface area contributed by atoms with Gasteiger partial charge in [0.1, 0.15) is 0 Å². The lowest BCUT2D eigenvalue weighted by Gasteiger charge is -2.33. The molecule has 140 valence electrons. The second kappa shape index (κ2) is 8.00. The van der Waals surface area contributed by atoms with E-state index in [1.165, 1.54) is 65.0 Å². The Morgan fingerprint density at radius 3 is 2.20 bits per heavy atom. The SMILES string of the molecule is CC(C)(C)c1cc(=O)n(CC2CCN(CCN3CCCC3)CC2)cn1. The summed E-state index contributed by atoms with van der Waals surface area (Å²) in [5, 5.41) is 0. The predicted octanol–water partition coefficient (Wildman–Crippen LogP) is 2.35. The summed E-state index contributed by atoms with van der Waals surface area (Å²) in [6.45, 7) is 14.4. The summed E-state index contributed by atoms with van der Waals surface area (Å²) < 4.78 is 1.81. The van der Waals surface area contributed by atoms with Crippen LogP contribution in [-0.4, -0.2) is 58.6 Å². The van der Waals surface area contributed by atoms with Crippen LogP contribution in [0.25, 0.3) is 0 Å². The zero-order chi connectivity index (χ0) is 17.9. The Morgan fingerprint density at radius 2 is 1.64 bits per heavy atom. The van der Waals surface area contributed by atoms with Gasteiger partial charge >= 0.3 is 0 Å². The number of hydrogen-bond donors (Lipinski definition) is 0. The minimum atomic E-state index is -0.0705. The van der Waals surface area contributed by atoms with E-state index in [1.807, 2.05) is 0 Å². The van der Waals surface area contributed by atoms with Crippen LogP contribution in [0.1, 0.15) is 52.1 Å². The highest BCUT2D eigenvalue weighted by atomic mass is 16.1. The lowest BCUT2D eigenvalue weighted by atomic mass is 9.92. The molecular weight excluding hydrogens is 312 g/mol. The third-order valence-corrected chi connectivity index (χ3v) is 5.74. The molecule has 0 N–H and O–H groups in total. The number of rotatable bonds is 5. The molecule has 5 heteroatoms. The van der Waals surface area contributed by atoms with Crippen LogP contribution in [0.4, 0.5) is 0 Å². The average Bonchev–Trinajstić information content (AvgIpc) is 3.08. The van der Waals surface area contributed by atoms with Crippen molar-refractivity contribution in [3.8, 4) is 0 Å². The lowest BCUT2D eigenvalue weighted by molar-refractivity contribution is 0.155. The van der Waals surface area contributed by atoms with Gasteiger partial charge in [-0.3, -0.25) is 9.36 Å². The maximum Gasteiger partial charge on any atom is 0.253 e. The third kappa shape index (κ3) is 5.14. The first-order valence-electron chi connectivity index (χ1n) is 9.93. The van der Waals surface area contributed by atoms with Crippen LogP contribution in [0.5, 0.6) is 0 Å². The molecule has 1 aromatic rings. The number of hydrogen-bond acceptors (Lipinski definition) is 4. The van der Waals surface area contributed by atoms with Gasteiger partial charge in [0.05, 0.1) is 12.0 Å². The normalized spacial score (nSPS) is 21.1. The lowest BCUT2D eigenvalue weighted by Crippen LogP contribution is -2.40. The molecular formula is C20H34N4O. The molecule has 2 aliphatic heterocycles. The number of piperidine rings is 1. The van der Waals surface area contributed by atoms with Crippen LogP contribution in [0, 0.1) is 5.92 Å². The maximum atomic E-state index is 12.4. The summed E-state index contributed by atoms with van der Waals surface area (Å²) in [4.78, 5) is 22.1. The minimum Gasteiger partial charge on any atom is -0.302 e. The van der Waals surface area contributed by atoms with Crippen molar-refractivity contribution < 1.29 is 0 Å². The molecule has 3 heterocycles. The van der Waals surface area contributed by atoms with Crippen LogP contribution in [0.15, 0.2) is 17.2 Å². The maximum absolute atomic E-state index is 12.4. The second-order valence-electron chi connectivity index (χ2n) is 8.85. The Balaban J connectivity index is 1.46. The van der Waals surface area contributed by atoms with Crippen molar-refractivity contribution in [2.45, 2.75) is 58.4 Å². The van der Waals surface area contributed by atoms with Gasteiger partial charge in [0.15, 0.2) is 0 Å². The van der Waals surface area contributed by atoms with Gasteiger partial charge in [0.25, 0.3) is 5.56 Å². The average molecular weight is 347 g/mol. The fraction of sp³-hybridized carbons (Fsp3) is 0.800. The van der Waals surface area contributed by atoms with Crippen LogP contribution in [0.3, 0.4) is 0 Å². The number of aromatic nitrogens is 2. The monoisotopic (exact) mass is 346 g/mol. The molecule has 0 radical (unpaired) electrons. The van der Waals surface area contributed by atoms with E-state index in [2.05, 4.69) is 35.6 Å². The smallest absolute Gasteiger partial charge is 0.253 e. The van der Waals surface area contributed by atoms with E-state index in [0.717, 1.165) is 12.2 Å². The van der Waals surface area contributed by atoms with Gasteiger partial charge < -0.3 is 9.80 Å². The van der Waals surface area contributed by atoms with E-state index >= 15 is 0 Å². The van der Waals surface area contributed by atoms with E-state index in [-0.39, 0.29) is 11.0 Å². The van der Waals surface area contributed by atoms with E-state index in [4.69, 9.17) is 0 Å². The van der Waals surface area contributed by atoms with Crippen molar-refractivity contribution in [3.05, 3.63) is 28.4 Å². The Bertz CT molecular complexity index is 605. The van der Waals surface area contributed by atoms with Crippen molar-refractivity contribution in [1.82, 2.24) is 19.4 Å². The first-order chi connectivity index (χ1) is 11.9. The summed E-state index contributed by atoms with van der Waals surface area (Å²) >= 11 is 0. The molecule has 0 unspecified atom stereocenters. The van der Waals surface area contributed by atoms with Crippen molar-refractivity contribution in [3.63, 3.8) is 0 Å². The largest absolute Gasteiger partial charge is 0.302 e. The Hall–Kier alpha value is -1.20. The van der Waals surface area contributed by atoms with E-state index in [0.29, 0.717) is 5.92 Å². The van der Waals surface area contributed by atoms with Crippen molar-refractivity contribution in [2.75, 3.05) is 39.3 Å². The second-order valence-corrected chi connectivity index (χ2v) is 8.85. The molecule has 0 amide bonds. The zero-order valence-electron chi connectivity index (χ0n) is 16.2. The molecule has 2 aliphatic rings. The van der Waals surface area contributed by atoms with Crippen LogP contribution < -0.4 is 5.56 Å². The van der Waals surface area contributed by atoms with E-state index in [9.17, 15) is 4.79 Å². The van der Waals surface area contributed by atoms with E-state index < -0.39 is 0 Å². The summed E-state index contributed by atoms with van der Waals surface area (Å²) in [5.41, 5.74) is 0.903. The Kier molecular flexibility index (Phi) is 5.95. The minimum absolute atomic E-state index is 0.0705. The van der Waals surface area contributed by atoms with E-state index in [1.54, 1.807) is 17.0 Å². The van der Waals surface area contributed by atoms with Gasteiger partial charge in [0.2, 0.25) is 0 Å². The molecule has 0 atom stereocenters. The quantitative estimate of drug-likeness (QED) is 0.821. The molecule has 0 aliphatic carbocycles. The van der Waals surface area contributed by atoms with Gasteiger partial charge in [-0.1, -0.05) is 20.8 Å². The molecule has 0 aromatic carbocycles. The zero-order valence-corrected chi connectivity index (χ0v) is 16.2. The van der Waals surface area contributed by atoms with Crippen molar-refractivity contribution in [1.29, 1.82) is 0 Å². The summed E-state index contributed by atoms with van der Waals surface area (Å²) in [7, 11) is 0. The van der Waals surface area contributed by atoms with Gasteiger partial charge in [-0.15, -0.1) is 0 Å². The summed E-state index contributed by atoms with van der Waals surface area (Å²) in [6, 6.07) is 1.71. The third-order valence-electron chi connectivity index (χ3n) is 5.74. The summed E-state index contributed by atoms with van der Waals surface area (Å²) in [5.74, 6) is 0.600. The van der Waals surface area contributed by atoms with Gasteiger partial charge in [0, 0.05) is 31.1 Å². The standard InChI is InChI=1S/C20H34N4O/c1-20(2,3)18-14-19(25)24(16-21-18)15-17-6-10-23(11-7-17)13-12-22-8-4-5-9-22/h14,16-17H,4-13,15H2,1-3H3. The predicted molar refractivity (Wildman–Crippen MR) is 102 cm³/mol. The Morgan fingerprint density at radius 1 is 1.04 bits per heavy atom. The Labute approximate surface area is 152 Å². The first kappa shape index (κ1) is 18.6. The van der Waals surface area contributed by atoms with Crippen LogP contribution >= 0.6 is 0 Å². The van der Waals surface area contributed by atoms with Gasteiger partial charge in [-0.2, -0.15) is 0 Å². The number of likely N-dealkylation sites (tertiary alicyclic amines) is 2. The fourth-order valence-electron chi connectivity index (χ4n) is 3.93. The molecule has 0 bridgehead atoms. The molecule has 0 spiro atoms. The summed E-state index contributed by atoms with van der Waals surface area (Å²) in [6.07, 6.45) is 6.88.